The Morgan fingerprint density at radius 3 is 2.27 bits per heavy atom. The zero-order chi connectivity index (χ0) is 16.3. The molecule has 0 spiro atoms. The fourth-order valence-electron chi connectivity index (χ4n) is 2.08. The third kappa shape index (κ3) is 3.64. The number of halogens is 1. The number of carbonyl (C=O) groups is 1. The second-order valence-electron chi connectivity index (χ2n) is 6.13. The molecule has 1 amide bonds. The van der Waals surface area contributed by atoms with Crippen molar-refractivity contribution in [3.05, 3.63) is 59.4 Å². The Morgan fingerprint density at radius 1 is 1.09 bits per heavy atom. The van der Waals surface area contributed by atoms with Gasteiger partial charge in [0.15, 0.2) is 0 Å². The molecule has 116 valence electrons. The molecule has 0 saturated carbocycles. The zero-order valence-corrected chi connectivity index (χ0v) is 13.2. The van der Waals surface area contributed by atoms with Crippen molar-refractivity contribution in [3.63, 3.8) is 0 Å². The Balaban J connectivity index is 2.33. The van der Waals surface area contributed by atoms with Crippen LogP contribution in [0.5, 0.6) is 5.75 Å². The van der Waals surface area contributed by atoms with E-state index in [9.17, 15) is 9.18 Å². The summed E-state index contributed by atoms with van der Waals surface area (Å²) in [5, 5.41) is 2.75. The maximum absolute atomic E-state index is 12.9. The van der Waals surface area contributed by atoms with Crippen molar-refractivity contribution in [3.8, 4) is 5.75 Å². The van der Waals surface area contributed by atoms with Crippen LogP contribution in [-0.4, -0.2) is 13.0 Å². The van der Waals surface area contributed by atoms with Gasteiger partial charge in [-0.2, -0.15) is 0 Å². The molecule has 0 atom stereocenters. The van der Waals surface area contributed by atoms with Crippen LogP contribution in [0.15, 0.2) is 42.5 Å². The lowest BCUT2D eigenvalue weighted by atomic mass is 9.86. The lowest BCUT2D eigenvalue weighted by Gasteiger charge is -2.21. The van der Waals surface area contributed by atoms with E-state index in [0.717, 1.165) is 5.56 Å². The summed E-state index contributed by atoms with van der Waals surface area (Å²) in [6, 6.07) is 11.2. The fraction of sp³-hybridized carbons (Fsp3) is 0.278. The first kappa shape index (κ1) is 16.0. The second kappa shape index (κ2) is 6.18. The Hall–Kier alpha value is -2.36. The van der Waals surface area contributed by atoms with Crippen molar-refractivity contribution in [2.75, 3.05) is 12.4 Å². The highest BCUT2D eigenvalue weighted by Gasteiger charge is 2.19. The number of methoxy groups -OCH3 is 1. The number of carbonyl (C=O) groups excluding carboxylic acids is 1. The summed E-state index contributed by atoms with van der Waals surface area (Å²) >= 11 is 0. The second-order valence-corrected chi connectivity index (χ2v) is 6.13. The van der Waals surface area contributed by atoms with E-state index in [1.807, 2.05) is 12.1 Å². The third-order valence-corrected chi connectivity index (χ3v) is 3.41. The standard InChI is InChI=1S/C18H20FNO2/c1-18(2,3)12-5-10-16(22-4)15(11-12)17(21)20-14-8-6-13(19)7-9-14/h5-11H,1-4H3,(H,20,21). The molecule has 22 heavy (non-hydrogen) atoms. The maximum atomic E-state index is 12.9. The minimum Gasteiger partial charge on any atom is -0.496 e. The summed E-state index contributed by atoms with van der Waals surface area (Å²) < 4.78 is 18.2. The molecule has 2 aromatic carbocycles. The van der Waals surface area contributed by atoms with Crippen LogP contribution in [0.3, 0.4) is 0 Å². The van der Waals surface area contributed by atoms with E-state index in [-0.39, 0.29) is 17.1 Å². The highest BCUT2D eigenvalue weighted by Crippen LogP contribution is 2.28. The molecule has 0 heterocycles. The van der Waals surface area contributed by atoms with Gasteiger partial charge in [-0.25, -0.2) is 4.39 Å². The minimum absolute atomic E-state index is 0.0722. The van der Waals surface area contributed by atoms with Crippen molar-refractivity contribution in [1.29, 1.82) is 0 Å². The topological polar surface area (TPSA) is 38.3 Å². The van der Waals surface area contributed by atoms with Crippen LogP contribution in [0.2, 0.25) is 0 Å². The molecule has 0 unspecified atom stereocenters. The predicted octanol–water partition coefficient (Wildman–Crippen LogP) is 4.38. The van der Waals surface area contributed by atoms with Gasteiger partial charge in [0.05, 0.1) is 12.7 Å². The molecule has 1 N–H and O–H groups in total. The maximum Gasteiger partial charge on any atom is 0.259 e. The van der Waals surface area contributed by atoms with Crippen molar-refractivity contribution in [2.45, 2.75) is 26.2 Å². The summed E-state index contributed by atoms with van der Waals surface area (Å²) in [4.78, 5) is 12.5. The van der Waals surface area contributed by atoms with E-state index in [0.29, 0.717) is 17.0 Å². The molecule has 0 saturated heterocycles. The van der Waals surface area contributed by atoms with Gasteiger partial charge in [0.25, 0.3) is 5.91 Å². The van der Waals surface area contributed by atoms with Crippen LogP contribution in [0.4, 0.5) is 10.1 Å². The molecule has 2 aromatic rings. The number of hydrogen-bond acceptors (Lipinski definition) is 2. The van der Waals surface area contributed by atoms with Crippen molar-refractivity contribution in [1.82, 2.24) is 0 Å². The summed E-state index contributed by atoms with van der Waals surface area (Å²) in [6.07, 6.45) is 0. The number of rotatable bonds is 3. The summed E-state index contributed by atoms with van der Waals surface area (Å²) in [5.74, 6) is -0.118. The molecule has 0 bridgehead atoms. The first-order valence-electron chi connectivity index (χ1n) is 7.06. The predicted molar refractivity (Wildman–Crippen MR) is 86.0 cm³/mol. The summed E-state index contributed by atoms with van der Waals surface area (Å²) in [5.41, 5.74) is 1.96. The molecule has 3 nitrogen and oxygen atoms in total. The van der Waals surface area contributed by atoms with E-state index in [1.165, 1.54) is 31.4 Å². The van der Waals surface area contributed by atoms with Gasteiger partial charge in [-0.3, -0.25) is 4.79 Å². The summed E-state index contributed by atoms with van der Waals surface area (Å²) in [7, 11) is 1.53. The molecule has 0 aliphatic carbocycles. The number of nitrogens with one attached hydrogen (secondary N) is 1. The molecule has 4 heteroatoms. The molecular weight excluding hydrogens is 281 g/mol. The van der Waals surface area contributed by atoms with Gasteiger partial charge in [0.1, 0.15) is 11.6 Å². The third-order valence-electron chi connectivity index (χ3n) is 3.41. The normalized spacial score (nSPS) is 11.1. The average Bonchev–Trinajstić information content (AvgIpc) is 2.48. The van der Waals surface area contributed by atoms with Gasteiger partial charge >= 0.3 is 0 Å². The van der Waals surface area contributed by atoms with E-state index in [2.05, 4.69) is 26.1 Å². The Labute approximate surface area is 130 Å². The van der Waals surface area contributed by atoms with Crippen LogP contribution >= 0.6 is 0 Å². The lowest BCUT2D eigenvalue weighted by Crippen LogP contribution is -2.16. The van der Waals surface area contributed by atoms with E-state index >= 15 is 0 Å². The molecule has 0 aromatic heterocycles. The van der Waals surface area contributed by atoms with Gasteiger partial charge in [-0.05, 0) is 47.4 Å². The van der Waals surface area contributed by atoms with E-state index in [4.69, 9.17) is 4.74 Å². The monoisotopic (exact) mass is 301 g/mol. The van der Waals surface area contributed by atoms with Crippen molar-refractivity contribution >= 4 is 11.6 Å². The van der Waals surface area contributed by atoms with Crippen LogP contribution < -0.4 is 10.1 Å². The molecular formula is C18H20FNO2. The Bertz CT molecular complexity index is 672. The number of ether oxygens (including phenoxy) is 1. The molecule has 0 aliphatic heterocycles. The molecule has 2 rings (SSSR count). The van der Waals surface area contributed by atoms with Crippen LogP contribution in [0.25, 0.3) is 0 Å². The van der Waals surface area contributed by atoms with Crippen molar-refractivity contribution in [2.24, 2.45) is 0 Å². The number of anilines is 1. The average molecular weight is 301 g/mol. The van der Waals surface area contributed by atoms with Crippen molar-refractivity contribution < 1.29 is 13.9 Å². The number of benzene rings is 2. The molecule has 0 aliphatic rings. The van der Waals surface area contributed by atoms with Crippen LogP contribution in [-0.2, 0) is 5.41 Å². The highest BCUT2D eigenvalue weighted by atomic mass is 19.1. The quantitative estimate of drug-likeness (QED) is 0.913. The first-order chi connectivity index (χ1) is 10.3. The zero-order valence-electron chi connectivity index (χ0n) is 13.2. The van der Waals surface area contributed by atoms with E-state index in [1.54, 1.807) is 6.07 Å². The highest BCUT2D eigenvalue weighted by molar-refractivity contribution is 6.06. The summed E-state index contributed by atoms with van der Waals surface area (Å²) in [6.45, 7) is 6.24. The van der Waals surface area contributed by atoms with Crippen LogP contribution in [0.1, 0.15) is 36.7 Å². The minimum atomic E-state index is -0.342. The van der Waals surface area contributed by atoms with Crippen LogP contribution in [0, 0.1) is 5.82 Å². The Kier molecular flexibility index (Phi) is 4.50. The van der Waals surface area contributed by atoms with E-state index < -0.39 is 0 Å². The molecule has 0 fully saturated rings. The largest absolute Gasteiger partial charge is 0.496 e. The van der Waals surface area contributed by atoms with Gasteiger partial charge in [0.2, 0.25) is 0 Å². The smallest absolute Gasteiger partial charge is 0.259 e. The number of hydrogen-bond donors (Lipinski definition) is 1. The molecule has 0 radical (unpaired) electrons. The fourth-order valence-corrected chi connectivity index (χ4v) is 2.08. The van der Waals surface area contributed by atoms with Gasteiger partial charge < -0.3 is 10.1 Å². The first-order valence-corrected chi connectivity index (χ1v) is 7.06. The lowest BCUT2D eigenvalue weighted by molar-refractivity contribution is 0.102. The SMILES string of the molecule is COc1ccc(C(C)(C)C)cc1C(=O)Nc1ccc(F)cc1. The number of amides is 1. The Morgan fingerprint density at radius 2 is 1.73 bits per heavy atom. The van der Waals surface area contributed by atoms with Gasteiger partial charge in [-0.1, -0.05) is 26.8 Å². The van der Waals surface area contributed by atoms with Gasteiger partial charge in [0, 0.05) is 5.69 Å². The van der Waals surface area contributed by atoms with Gasteiger partial charge in [-0.15, -0.1) is 0 Å².